The number of H-pyrrole nitrogens is 1. The first-order chi connectivity index (χ1) is 17.6. The predicted octanol–water partition coefficient (Wildman–Crippen LogP) is 4.24. The maximum absolute atomic E-state index is 14.3. The minimum Gasteiger partial charge on any atom is -0.481 e. The van der Waals surface area contributed by atoms with Gasteiger partial charge in [-0.2, -0.15) is 18.3 Å². The molecule has 0 spiro atoms. The van der Waals surface area contributed by atoms with Crippen LogP contribution in [0.15, 0.2) is 18.3 Å². The number of carbonyl (C=O) groups is 2. The molecule has 5 rings (SSSR count). The van der Waals surface area contributed by atoms with E-state index < -0.39 is 17.9 Å². The Balaban J connectivity index is 1.20. The Morgan fingerprint density at radius 1 is 1.08 bits per heavy atom. The Hall–Kier alpha value is -3.18. The summed E-state index contributed by atoms with van der Waals surface area (Å²) in [4.78, 5) is 31.9. The van der Waals surface area contributed by atoms with Crippen LogP contribution in [-0.2, 0) is 4.79 Å². The van der Waals surface area contributed by atoms with Crippen molar-refractivity contribution in [3.8, 4) is 17.1 Å². The van der Waals surface area contributed by atoms with E-state index in [1.165, 1.54) is 19.2 Å². The van der Waals surface area contributed by atoms with Crippen LogP contribution < -0.4 is 10.1 Å². The van der Waals surface area contributed by atoms with Crippen LogP contribution >= 0.6 is 0 Å². The van der Waals surface area contributed by atoms with Gasteiger partial charge in [-0.3, -0.25) is 14.7 Å². The number of nitrogens with one attached hydrogen (secondary N) is 2. The Bertz CT molecular complexity index is 1150. The van der Waals surface area contributed by atoms with E-state index in [0.29, 0.717) is 25.7 Å². The van der Waals surface area contributed by atoms with Crippen LogP contribution in [0, 0.1) is 17.7 Å². The monoisotopic (exact) mass is 523 g/mol. The highest BCUT2D eigenvalue weighted by Gasteiger charge is 2.46. The van der Waals surface area contributed by atoms with Crippen LogP contribution in [0.3, 0.4) is 0 Å². The molecule has 0 radical (unpaired) electrons. The minimum atomic E-state index is -4.18. The molecule has 3 aliphatic rings. The van der Waals surface area contributed by atoms with Gasteiger partial charge in [-0.15, -0.1) is 0 Å². The van der Waals surface area contributed by atoms with E-state index in [4.69, 9.17) is 4.74 Å². The lowest BCUT2D eigenvalue weighted by molar-refractivity contribution is -0.182. The molecule has 4 heterocycles. The summed E-state index contributed by atoms with van der Waals surface area (Å²) in [7, 11) is 1.42. The molecule has 1 aliphatic carbocycles. The molecule has 1 saturated carbocycles. The summed E-state index contributed by atoms with van der Waals surface area (Å²) < 4.78 is 58.1. The fourth-order valence-electron chi connectivity index (χ4n) is 6.04. The molecule has 2 amide bonds. The van der Waals surface area contributed by atoms with Crippen molar-refractivity contribution in [3.63, 3.8) is 0 Å². The molecule has 12 heteroatoms. The molecule has 2 saturated heterocycles. The highest BCUT2D eigenvalue weighted by Crippen LogP contribution is 2.41. The molecule has 2 aromatic heterocycles. The Labute approximate surface area is 211 Å². The van der Waals surface area contributed by atoms with Crippen molar-refractivity contribution in [3.05, 3.63) is 29.8 Å². The zero-order chi connectivity index (χ0) is 26.3. The zero-order valence-electron chi connectivity index (χ0n) is 20.4. The molecule has 1 unspecified atom stereocenters. The van der Waals surface area contributed by atoms with Crippen LogP contribution in [0.4, 0.5) is 17.6 Å². The van der Waals surface area contributed by atoms with Gasteiger partial charge in [0.2, 0.25) is 11.8 Å². The SMILES string of the molecule is COc1cc(-c2cc(C(=O)N3[C@@H]4CC[C@H]3CC(C(=O)NC3CCC(C(F)(F)F)CC3)C4)[nH]n2)c(F)cn1. The normalized spacial score (nSPS) is 27.7. The number of aromatic amines is 1. The van der Waals surface area contributed by atoms with Crippen LogP contribution in [0.2, 0.25) is 0 Å². The quantitative estimate of drug-likeness (QED) is 0.571. The van der Waals surface area contributed by atoms with E-state index in [1.807, 2.05) is 0 Å². The third kappa shape index (κ3) is 5.15. The van der Waals surface area contributed by atoms with Crippen molar-refractivity contribution in [2.24, 2.45) is 11.8 Å². The summed E-state index contributed by atoms with van der Waals surface area (Å²) in [6, 6.07) is 2.43. The summed E-state index contributed by atoms with van der Waals surface area (Å²) in [5.41, 5.74) is 0.638. The molecule has 2 aromatic rings. The van der Waals surface area contributed by atoms with Crippen molar-refractivity contribution in [2.75, 3.05) is 7.11 Å². The lowest BCUT2D eigenvalue weighted by Gasteiger charge is -2.39. The summed E-state index contributed by atoms with van der Waals surface area (Å²) >= 11 is 0. The number of methoxy groups -OCH3 is 1. The molecule has 2 aliphatic heterocycles. The number of rotatable bonds is 5. The largest absolute Gasteiger partial charge is 0.481 e. The number of amides is 2. The topological polar surface area (TPSA) is 100 Å². The maximum atomic E-state index is 14.3. The number of carbonyl (C=O) groups excluding carboxylic acids is 2. The average Bonchev–Trinajstić information content (AvgIpc) is 3.46. The molecule has 2 N–H and O–H groups in total. The van der Waals surface area contributed by atoms with Gasteiger partial charge < -0.3 is 15.0 Å². The van der Waals surface area contributed by atoms with Crippen molar-refractivity contribution in [1.82, 2.24) is 25.4 Å². The van der Waals surface area contributed by atoms with Crippen molar-refractivity contribution in [2.45, 2.75) is 75.7 Å². The van der Waals surface area contributed by atoms with E-state index in [9.17, 15) is 27.2 Å². The van der Waals surface area contributed by atoms with Crippen LogP contribution in [0.25, 0.3) is 11.3 Å². The van der Waals surface area contributed by atoms with E-state index in [-0.39, 0.29) is 71.5 Å². The van der Waals surface area contributed by atoms with Gasteiger partial charge in [-0.25, -0.2) is 9.37 Å². The van der Waals surface area contributed by atoms with Crippen LogP contribution in [0.5, 0.6) is 5.88 Å². The molecule has 8 nitrogen and oxygen atoms in total. The van der Waals surface area contributed by atoms with Gasteiger partial charge in [0.05, 0.1) is 24.9 Å². The number of pyridine rings is 1. The summed E-state index contributed by atoms with van der Waals surface area (Å²) in [6.45, 7) is 0. The average molecular weight is 524 g/mol. The van der Waals surface area contributed by atoms with Gasteiger partial charge >= 0.3 is 6.18 Å². The number of alkyl halides is 3. The minimum absolute atomic E-state index is 0.0367. The first-order valence-electron chi connectivity index (χ1n) is 12.6. The molecule has 2 bridgehead atoms. The Morgan fingerprint density at radius 3 is 2.38 bits per heavy atom. The predicted molar refractivity (Wildman–Crippen MR) is 124 cm³/mol. The van der Waals surface area contributed by atoms with Crippen molar-refractivity contribution >= 4 is 11.8 Å². The van der Waals surface area contributed by atoms with Crippen molar-refractivity contribution in [1.29, 1.82) is 0 Å². The number of halogens is 4. The lowest BCUT2D eigenvalue weighted by Crippen LogP contribution is -2.51. The Kier molecular flexibility index (Phi) is 6.84. The number of fused-ring (bicyclic) bond motifs is 2. The van der Waals surface area contributed by atoms with Gasteiger partial charge in [-0.05, 0) is 57.4 Å². The third-order valence-corrected chi connectivity index (χ3v) is 8.00. The fourth-order valence-corrected chi connectivity index (χ4v) is 6.04. The van der Waals surface area contributed by atoms with Crippen molar-refractivity contribution < 1.29 is 31.9 Å². The summed E-state index contributed by atoms with van der Waals surface area (Å²) in [5, 5.41) is 9.78. The molecule has 200 valence electrons. The first kappa shape index (κ1) is 25.5. The molecular weight excluding hydrogens is 494 g/mol. The number of ether oxygens (including phenoxy) is 1. The van der Waals surface area contributed by atoms with E-state index in [2.05, 4.69) is 20.5 Å². The lowest BCUT2D eigenvalue weighted by atomic mass is 9.84. The van der Waals surface area contributed by atoms with Gasteiger partial charge in [0.15, 0.2) is 5.82 Å². The number of hydrogen-bond donors (Lipinski definition) is 2. The smallest absolute Gasteiger partial charge is 0.391 e. The van der Waals surface area contributed by atoms with Gasteiger partial charge in [0, 0.05) is 35.7 Å². The second-order valence-electron chi connectivity index (χ2n) is 10.2. The highest BCUT2D eigenvalue weighted by molar-refractivity contribution is 5.94. The zero-order valence-corrected chi connectivity index (χ0v) is 20.4. The first-order valence-corrected chi connectivity index (χ1v) is 12.6. The summed E-state index contributed by atoms with van der Waals surface area (Å²) in [6.07, 6.45) is 0.126. The number of hydrogen-bond acceptors (Lipinski definition) is 5. The second-order valence-corrected chi connectivity index (χ2v) is 10.2. The van der Waals surface area contributed by atoms with E-state index in [1.54, 1.807) is 4.90 Å². The number of nitrogens with zero attached hydrogens (tertiary/aromatic N) is 3. The standard InChI is InChI=1S/C25H29F4N5O3/c1-37-22-10-18(19(26)12-30-22)20-11-21(33-32-20)24(36)34-16-6-7-17(34)9-13(8-16)23(35)31-15-4-2-14(3-5-15)25(27,28)29/h10-17H,2-9H2,1H3,(H,31,35)(H,32,33)/t13?,14?,15?,16-,17+. The maximum Gasteiger partial charge on any atom is 0.391 e. The summed E-state index contributed by atoms with van der Waals surface area (Å²) in [5.74, 6) is -2.32. The van der Waals surface area contributed by atoms with Gasteiger partial charge in [0.25, 0.3) is 5.91 Å². The molecule has 0 aromatic carbocycles. The number of aromatic nitrogens is 3. The van der Waals surface area contributed by atoms with E-state index >= 15 is 0 Å². The molecule has 3 fully saturated rings. The van der Waals surface area contributed by atoms with Crippen LogP contribution in [-0.4, -0.2) is 63.3 Å². The second kappa shape index (κ2) is 9.94. The highest BCUT2D eigenvalue weighted by atomic mass is 19.4. The molecule has 3 atom stereocenters. The number of piperidine rings is 1. The van der Waals surface area contributed by atoms with Gasteiger partial charge in [0.1, 0.15) is 5.69 Å². The Morgan fingerprint density at radius 2 is 1.76 bits per heavy atom. The molecule has 37 heavy (non-hydrogen) atoms. The fraction of sp³-hybridized carbons (Fsp3) is 0.600. The van der Waals surface area contributed by atoms with E-state index in [0.717, 1.165) is 19.0 Å². The third-order valence-electron chi connectivity index (χ3n) is 8.00. The van der Waals surface area contributed by atoms with Gasteiger partial charge in [-0.1, -0.05) is 0 Å². The van der Waals surface area contributed by atoms with Crippen LogP contribution in [0.1, 0.15) is 61.9 Å². The molecular formula is C25H29F4N5O3.